The second-order valence-electron chi connectivity index (χ2n) is 2.39. The van der Waals surface area contributed by atoms with Crippen molar-refractivity contribution in [3.8, 4) is 5.75 Å². The summed E-state index contributed by atoms with van der Waals surface area (Å²) in [4.78, 5) is 10.3. The number of hydrogen-bond acceptors (Lipinski definition) is 3. The molecule has 0 spiro atoms. The summed E-state index contributed by atoms with van der Waals surface area (Å²) in [5, 5.41) is 0. The smallest absolute Gasteiger partial charge is 0.407 e. The first-order chi connectivity index (χ1) is 6.13. The van der Waals surface area contributed by atoms with Crippen LogP contribution in [0.3, 0.4) is 0 Å². The molecule has 5 heteroatoms. The Bertz CT molecular complexity index is 328. The number of amides is 1. The van der Waals surface area contributed by atoms with E-state index in [0.29, 0.717) is 5.56 Å². The van der Waals surface area contributed by atoms with E-state index in [4.69, 9.17) is 11.5 Å². The van der Waals surface area contributed by atoms with E-state index in [1.165, 1.54) is 12.1 Å². The Balaban J connectivity index is 2.91. The lowest BCUT2D eigenvalue weighted by molar-refractivity contribution is 0.208. The third-order valence-electron chi connectivity index (χ3n) is 1.44. The summed E-state index contributed by atoms with van der Waals surface area (Å²) in [7, 11) is 0. The Labute approximate surface area is 74.3 Å². The van der Waals surface area contributed by atoms with Crippen molar-refractivity contribution >= 4 is 6.09 Å². The van der Waals surface area contributed by atoms with Gasteiger partial charge in [-0.25, -0.2) is 9.18 Å². The average Bonchev–Trinajstić information content (AvgIpc) is 2.08. The fraction of sp³-hybridized carbons (Fsp3) is 0.125. The molecule has 1 amide bonds. The summed E-state index contributed by atoms with van der Waals surface area (Å²) in [5.41, 5.74) is 10.6. The van der Waals surface area contributed by atoms with Crippen LogP contribution in [0.15, 0.2) is 18.2 Å². The molecule has 0 aliphatic carbocycles. The minimum absolute atomic E-state index is 0.190. The molecule has 0 saturated heterocycles. The van der Waals surface area contributed by atoms with E-state index >= 15 is 0 Å². The topological polar surface area (TPSA) is 78.3 Å². The molecule has 0 aliphatic rings. The zero-order chi connectivity index (χ0) is 9.84. The van der Waals surface area contributed by atoms with Crippen molar-refractivity contribution in [2.24, 2.45) is 11.5 Å². The van der Waals surface area contributed by atoms with Crippen LogP contribution in [0.1, 0.15) is 5.56 Å². The number of hydrogen-bond donors (Lipinski definition) is 2. The second-order valence-corrected chi connectivity index (χ2v) is 2.39. The fourth-order valence-electron chi connectivity index (χ4n) is 0.862. The monoisotopic (exact) mass is 184 g/mol. The van der Waals surface area contributed by atoms with E-state index in [1.807, 2.05) is 0 Å². The van der Waals surface area contributed by atoms with Crippen LogP contribution in [0.25, 0.3) is 0 Å². The van der Waals surface area contributed by atoms with Crippen molar-refractivity contribution in [2.45, 2.75) is 6.54 Å². The maximum Gasteiger partial charge on any atom is 0.410 e. The molecule has 0 heterocycles. The molecule has 70 valence electrons. The lowest BCUT2D eigenvalue weighted by Crippen LogP contribution is -2.17. The van der Waals surface area contributed by atoms with Gasteiger partial charge in [-0.1, -0.05) is 6.07 Å². The normalized spacial score (nSPS) is 9.69. The lowest BCUT2D eigenvalue weighted by Gasteiger charge is -2.03. The first kappa shape index (κ1) is 9.47. The Morgan fingerprint density at radius 2 is 2.23 bits per heavy atom. The SMILES string of the molecule is NCc1ccc(OC(N)=O)c(F)c1. The Hall–Kier alpha value is -1.62. The van der Waals surface area contributed by atoms with Crippen LogP contribution in [-0.2, 0) is 6.54 Å². The number of ether oxygens (including phenoxy) is 1. The van der Waals surface area contributed by atoms with Crippen molar-refractivity contribution in [2.75, 3.05) is 0 Å². The number of benzene rings is 1. The van der Waals surface area contributed by atoms with Crippen molar-refractivity contribution in [1.29, 1.82) is 0 Å². The van der Waals surface area contributed by atoms with Crippen molar-refractivity contribution in [3.05, 3.63) is 29.6 Å². The van der Waals surface area contributed by atoms with Gasteiger partial charge in [0.1, 0.15) is 0 Å². The van der Waals surface area contributed by atoms with Gasteiger partial charge in [-0.15, -0.1) is 0 Å². The summed E-state index contributed by atoms with van der Waals surface area (Å²) >= 11 is 0. The standard InChI is InChI=1S/C8H9FN2O2/c9-6-3-5(4-10)1-2-7(6)13-8(11)12/h1-3H,4,10H2,(H2,11,12). The van der Waals surface area contributed by atoms with Crippen LogP contribution < -0.4 is 16.2 Å². The largest absolute Gasteiger partial charge is 0.410 e. The summed E-state index contributed by atoms with van der Waals surface area (Å²) in [6, 6.07) is 4.06. The predicted molar refractivity (Wildman–Crippen MR) is 44.5 cm³/mol. The van der Waals surface area contributed by atoms with E-state index in [-0.39, 0.29) is 12.3 Å². The summed E-state index contributed by atoms with van der Waals surface area (Å²) in [5.74, 6) is -0.841. The molecule has 0 saturated carbocycles. The van der Waals surface area contributed by atoms with Gasteiger partial charge in [0.25, 0.3) is 0 Å². The highest BCUT2D eigenvalue weighted by atomic mass is 19.1. The molecule has 13 heavy (non-hydrogen) atoms. The minimum Gasteiger partial charge on any atom is -0.407 e. The zero-order valence-corrected chi connectivity index (χ0v) is 6.79. The van der Waals surface area contributed by atoms with Crippen LogP contribution in [0.2, 0.25) is 0 Å². The number of nitrogens with two attached hydrogens (primary N) is 2. The lowest BCUT2D eigenvalue weighted by atomic mass is 10.2. The van der Waals surface area contributed by atoms with Crippen molar-refractivity contribution < 1.29 is 13.9 Å². The molecule has 0 aliphatic heterocycles. The van der Waals surface area contributed by atoms with Crippen LogP contribution in [-0.4, -0.2) is 6.09 Å². The molecule has 0 aromatic heterocycles. The van der Waals surface area contributed by atoms with Crippen LogP contribution in [0.5, 0.6) is 5.75 Å². The highest BCUT2D eigenvalue weighted by Crippen LogP contribution is 2.17. The van der Waals surface area contributed by atoms with Gasteiger partial charge in [-0.2, -0.15) is 0 Å². The molecule has 4 N–H and O–H groups in total. The fourth-order valence-corrected chi connectivity index (χ4v) is 0.862. The van der Waals surface area contributed by atoms with Crippen LogP contribution in [0, 0.1) is 5.82 Å². The maximum absolute atomic E-state index is 13.0. The van der Waals surface area contributed by atoms with Gasteiger partial charge in [0.15, 0.2) is 11.6 Å². The molecule has 0 fully saturated rings. The molecule has 4 nitrogen and oxygen atoms in total. The van der Waals surface area contributed by atoms with Gasteiger partial charge < -0.3 is 16.2 Å². The highest BCUT2D eigenvalue weighted by molar-refractivity contribution is 5.68. The average molecular weight is 184 g/mol. The molecule has 1 aromatic carbocycles. The number of carbonyl (C=O) groups is 1. The van der Waals surface area contributed by atoms with Crippen LogP contribution >= 0.6 is 0 Å². The quantitative estimate of drug-likeness (QED) is 0.711. The predicted octanol–water partition coefficient (Wildman–Crippen LogP) is 0.742. The highest BCUT2D eigenvalue weighted by Gasteiger charge is 2.06. The molecule has 0 radical (unpaired) electrons. The number of rotatable bonds is 2. The first-order valence-corrected chi connectivity index (χ1v) is 3.59. The van der Waals surface area contributed by atoms with E-state index in [2.05, 4.69) is 4.74 Å². The zero-order valence-electron chi connectivity index (χ0n) is 6.79. The van der Waals surface area contributed by atoms with Crippen molar-refractivity contribution in [1.82, 2.24) is 0 Å². The molecular formula is C8H9FN2O2. The third kappa shape index (κ3) is 2.41. The molecule has 1 aromatic rings. The molecule has 0 unspecified atom stereocenters. The Kier molecular flexibility index (Phi) is 2.81. The molecule has 0 bridgehead atoms. The first-order valence-electron chi connectivity index (χ1n) is 3.59. The molecule has 0 atom stereocenters. The van der Waals surface area contributed by atoms with Gasteiger partial charge in [0.05, 0.1) is 0 Å². The maximum atomic E-state index is 13.0. The van der Waals surface area contributed by atoms with Gasteiger partial charge in [-0.05, 0) is 17.7 Å². The van der Waals surface area contributed by atoms with Gasteiger partial charge in [0, 0.05) is 6.54 Å². The number of halogens is 1. The van der Waals surface area contributed by atoms with E-state index in [1.54, 1.807) is 6.07 Å². The Morgan fingerprint density at radius 1 is 1.54 bits per heavy atom. The van der Waals surface area contributed by atoms with Gasteiger partial charge in [0.2, 0.25) is 0 Å². The summed E-state index contributed by atoms with van der Waals surface area (Å²) in [6.45, 7) is 0.230. The van der Waals surface area contributed by atoms with E-state index in [9.17, 15) is 9.18 Å². The number of primary amides is 1. The number of carbonyl (C=O) groups excluding carboxylic acids is 1. The summed E-state index contributed by atoms with van der Waals surface area (Å²) < 4.78 is 17.4. The van der Waals surface area contributed by atoms with E-state index < -0.39 is 11.9 Å². The minimum atomic E-state index is -1.04. The van der Waals surface area contributed by atoms with Crippen molar-refractivity contribution in [3.63, 3.8) is 0 Å². The third-order valence-corrected chi connectivity index (χ3v) is 1.44. The molecule has 1 rings (SSSR count). The molecular weight excluding hydrogens is 175 g/mol. The van der Waals surface area contributed by atoms with Gasteiger partial charge in [-0.3, -0.25) is 0 Å². The summed E-state index contributed by atoms with van der Waals surface area (Å²) in [6.07, 6.45) is -1.04. The van der Waals surface area contributed by atoms with Gasteiger partial charge >= 0.3 is 6.09 Å². The van der Waals surface area contributed by atoms with E-state index in [0.717, 1.165) is 0 Å². The van der Waals surface area contributed by atoms with Crippen LogP contribution in [0.4, 0.5) is 9.18 Å². The Morgan fingerprint density at radius 3 is 2.69 bits per heavy atom. The second kappa shape index (κ2) is 3.86.